The molecule has 2 heterocycles. The number of rotatable bonds is 5. The molecular weight excluding hydrogens is 364 g/mol. The average Bonchev–Trinajstić information content (AvgIpc) is 2.67. The molecular formula is C20H27ClN4O2. The highest BCUT2D eigenvalue weighted by molar-refractivity contribution is 5.92. The number of carbonyl (C=O) groups excluding carboxylic acids is 1. The first-order valence-corrected chi connectivity index (χ1v) is 9.20. The number of benzene rings is 1. The van der Waals surface area contributed by atoms with Crippen LogP contribution >= 0.6 is 12.4 Å². The molecule has 7 heteroatoms. The lowest BCUT2D eigenvalue weighted by atomic mass is 9.93. The van der Waals surface area contributed by atoms with Crippen LogP contribution in [0.1, 0.15) is 35.4 Å². The first-order valence-electron chi connectivity index (χ1n) is 9.20. The Morgan fingerprint density at radius 2 is 1.89 bits per heavy atom. The predicted octanol–water partition coefficient (Wildman–Crippen LogP) is 2.42. The zero-order chi connectivity index (χ0) is 18.5. The smallest absolute Gasteiger partial charge is 0.278 e. The molecule has 1 aliphatic rings. The molecule has 0 unspecified atom stereocenters. The summed E-state index contributed by atoms with van der Waals surface area (Å²) in [7, 11) is 1.96. The Labute approximate surface area is 166 Å². The van der Waals surface area contributed by atoms with E-state index in [1.807, 2.05) is 44.3 Å². The number of aromatic nitrogens is 2. The summed E-state index contributed by atoms with van der Waals surface area (Å²) in [6.07, 6.45) is 3.08. The second kappa shape index (κ2) is 9.67. The molecule has 0 radical (unpaired) electrons. The van der Waals surface area contributed by atoms with Crippen molar-refractivity contribution < 1.29 is 4.79 Å². The van der Waals surface area contributed by atoms with Crippen LogP contribution in [0.4, 0.5) is 0 Å². The molecule has 1 fully saturated rings. The van der Waals surface area contributed by atoms with Gasteiger partial charge in [-0.25, -0.2) is 4.68 Å². The molecule has 0 aliphatic carbocycles. The van der Waals surface area contributed by atoms with Crippen LogP contribution in [-0.2, 0) is 0 Å². The summed E-state index contributed by atoms with van der Waals surface area (Å²) >= 11 is 0. The van der Waals surface area contributed by atoms with E-state index < -0.39 is 0 Å². The summed E-state index contributed by atoms with van der Waals surface area (Å²) in [5, 5.41) is 7.56. The number of carbonyl (C=O) groups is 1. The van der Waals surface area contributed by atoms with E-state index >= 15 is 0 Å². The van der Waals surface area contributed by atoms with Gasteiger partial charge in [-0.05, 0) is 57.8 Å². The number of para-hydroxylation sites is 1. The molecule has 0 spiro atoms. The molecule has 2 aromatic rings. The third kappa shape index (κ3) is 4.96. The largest absolute Gasteiger partial charge is 0.337 e. The van der Waals surface area contributed by atoms with Crippen molar-refractivity contribution in [3.63, 3.8) is 0 Å². The SMILES string of the molecule is CNCCC1CCN(C(=O)c2nn(-c3ccccc3)c(C)cc2=O)CC1.Cl. The molecule has 1 aliphatic heterocycles. The Balaban J connectivity index is 0.00000261. The standard InChI is InChI=1S/C20H26N4O2.ClH/c1-15-14-18(25)19(22-24(15)17-6-4-3-5-7-17)20(26)23-12-9-16(10-13-23)8-11-21-2;/h3-7,14,16,21H,8-13H2,1-2H3;1H. The van der Waals surface area contributed by atoms with Gasteiger partial charge in [-0.15, -0.1) is 12.4 Å². The van der Waals surface area contributed by atoms with Gasteiger partial charge in [-0.2, -0.15) is 5.10 Å². The fourth-order valence-electron chi connectivity index (χ4n) is 3.45. The van der Waals surface area contributed by atoms with Gasteiger partial charge in [0.25, 0.3) is 5.91 Å². The molecule has 1 aromatic heterocycles. The van der Waals surface area contributed by atoms with Gasteiger partial charge in [-0.3, -0.25) is 9.59 Å². The van der Waals surface area contributed by atoms with Crippen molar-refractivity contribution in [2.75, 3.05) is 26.7 Å². The lowest BCUT2D eigenvalue weighted by molar-refractivity contribution is 0.0677. The van der Waals surface area contributed by atoms with Crippen LogP contribution < -0.4 is 10.7 Å². The maximum absolute atomic E-state index is 12.9. The van der Waals surface area contributed by atoms with Gasteiger partial charge in [0, 0.05) is 24.8 Å². The maximum Gasteiger partial charge on any atom is 0.278 e. The van der Waals surface area contributed by atoms with E-state index in [-0.39, 0.29) is 29.4 Å². The third-order valence-corrected chi connectivity index (χ3v) is 5.02. The highest BCUT2D eigenvalue weighted by Gasteiger charge is 2.26. The molecule has 1 N–H and O–H groups in total. The second-order valence-corrected chi connectivity index (χ2v) is 6.87. The predicted molar refractivity (Wildman–Crippen MR) is 109 cm³/mol. The van der Waals surface area contributed by atoms with Crippen molar-refractivity contribution in [2.24, 2.45) is 5.92 Å². The second-order valence-electron chi connectivity index (χ2n) is 6.87. The van der Waals surface area contributed by atoms with E-state index in [2.05, 4.69) is 10.4 Å². The molecule has 27 heavy (non-hydrogen) atoms. The topological polar surface area (TPSA) is 67.2 Å². The number of hydrogen-bond acceptors (Lipinski definition) is 4. The molecule has 146 valence electrons. The number of aryl methyl sites for hydroxylation is 1. The molecule has 6 nitrogen and oxygen atoms in total. The van der Waals surface area contributed by atoms with Crippen LogP contribution in [0.3, 0.4) is 0 Å². The summed E-state index contributed by atoms with van der Waals surface area (Å²) in [6.45, 7) is 4.20. The third-order valence-electron chi connectivity index (χ3n) is 5.02. The van der Waals surface area contributed by atoms with E-state index in [1.54, 1.807) is 9.58 Å². The van der Waals surface area contributed by atoms with Crippen LogP contribution in [0, 0.1) is 12.8 Å². The minimum atomic E-state index is -0.308. The number of amides is 1. The number of nitrogens with zero attached hydrogens (tertiary/aromatic N) is 3. The summed E-state index contributed by atoms with van der Waals surface area (Å²) in [5.74, 6) is 0.380. The Hall–Kier alpha value is -2.18. The van der Waals surface area contributed by atoms with Gasteiger partial charge in [0.2, 0.25) is 5.43 Å². The molecule has 1 amide bonds. The fraction of sp³-hybridized carbons (Fsp3) is 0.450. The van der Waals surface area contributed by atoms with Crippen molar-refractivity contribution in [3.8, 4) is 5.69 Å². The maximum atomic E-state index is 12.9. The Kier molecular flexibility index (Phi) is 7.56. The minimum absolute atomic E-state index is 0. The minimum Gasteiger partial charge on any atom is -0.337 e. The van der Waals surface area contributed by atoms with Gasteiger partial charge in [0.1, 0.15) is 0 Å². The Bertz CT molecular complexity index is 814. The first-order chi connectivity index (χ1) is 12.6. The zero-order valence-corrected chi connectivity index (χ0v) is 16.7. The fourth-order valence-corrected chi connectivity index (χ4v) is 3.45. The first kappa shape index (κ1) is 21.1. The molecule has 0 bridgehead atoms. The van der Waals surface area contributed by atoms with Crippen molar-refractivity contribution >= 4 is 18.3 Å². The summed E-state index contributed by atoms with van der Waals surface area (Å²) in [6, 6.07) is 11.1. The van der Waals surface area contributed by atoms with E-state index in [0.717, 1.165) is 31.5 Å². The highest BCUT2D eigenvalue weighted by atomic mass is 35.5. The van der Waals surface area contributed by atoms with E-state index in [4.69, 9.17) is 0 Å². The van der Waals surface area contributed by atoms with Crippen molar-refractivity contribution in [1.29, 1.82) is 0 Å². The summed E-state index contributed by atoms with van der Waals surface area (Å²) in [5.41, 5.74) is 1.25. The van der Waals surface area contributed by atoms with Crippen molar-refractivity contribution in [3.05, 3.63) is 58.0 Å². The van der Waals surface area contributed by atoms with E-state index in [0.29, 0.717) is 24.7 Å². The average molecular weight is 391 g/mol. The molecule has 0 saturated carbocycles. The van der Waals surface area contributed by atoms with Crippen LogP contribution in [0.5, 0.6) is 0 Å². The quantitative estimate of drug-likeness (QED) is 0.851. The molecule has 0 atom stereocenters. The van der Waals surface area contributed by atoms with Gasteiger partial charge in [-0.1, -0.05) is 18.2 Å². The van der Waals surface area contributed by atoms with Gasteiger partial charge in [0.05, 0.1) is 5.69 Å². The number of halogens is 1. The van der Waals surface area contributed by atoms with Crippen LogP contribution in [0.15, 0.2) is 41.2 Å². The summed E-state index contributed by atoms with van der Waals surface area (Å²) in [4.78, 5) is 27.0. The molecule has 3 rings (SSSR count). The number of nitrogens with one attached hydrogen (secondary N) is 1. The van der Waals surface area contributed by atoms with Crippen LogP contribution in [0.25, 0.3) is 5.69 Å². The monoisotopic (exact) mass is 390 g/mol. The van der Waals surface area contributed by atoms with Crippen molar-refractivity contribution in [2.45, 2.75) is 26.2 Å². The van der Waals surface area contributed by atoms with Gasteiger partial charge >= 0.3 is 0 Å². The highest BCUT2D eigenvalue weighted by Crippen LogP contribution is 2.21. The van der Waals surface area contributed by atoms with Gasteiger partial charge in [0.15, 0.2) is 5.69 Å². The van der Waals surface area contributed by atoms with Crippen LogP contribution in [0.2, 0.25) is 0 Å². The zero-order valence-electron chi connectivity index (χ0n) is 15.9. The van der Waals surface area contributed by atoms with Crippen LogP contribution in [-0.4, -0.2) is 47.3 Å². The van der Waals surface area contributed by atoms with Gasteiger partial charge < -0.3 is 10.2 Å². The molecule has 1 saturated heterocycles. The number of likely N-dealkylation sites (tertiary alicyclic amines) is 1. The summed E-state index contributed by atoms with van der Waals surface area (Å²) < 4.78 is 1.66. The van der Waals surface area contributed by atoms with E-state index in [1.165, 1.54) is 6.07 Å². The normalized spacial score (nSPS) is 14.7. The number of piperidine rings is 1. The van der Waals surface area contributed by atoms with Crippen molar-refractivity contribution in [1.82, 2.24) is 20.0 Å². The number of hydrogen-bond donors (Lipinski definition) is 1. The van der Waals surface area contributed by atoms with E-state index in [9.17, 15) is 9.59 Å². The lowest BCUT2D eigenvalue weighted by Gasteiger charge is -2.31. The Morgan fingerprint density at radius 1 is 1.22 bits per heavy atom. The Morgan fingerprint density at radius 3 is 2.52 bits per heavy atom. The molecule has 1 aromatic carbocycles. The lowest BCUT2D eigenvalue weighted by Crippen LogP contribution is -2.41.